The maximum absolute atomic E-state index is 10.2. The Morgan fingerprint density at radius 2 is 2.14 bits per heavy atom. The van der Waals surface area contributed by atoms with E-state index in [2.05, 4.69) is 0 Å². The van der Waals surface area contributed by atoms with Gasteiger partial charge in [0.1, 0.15) is 5.75 Å². The fourth-order valence-electron chi connectivity index (χ4n) is 1.18. The predicted molar refractivity (Wildman–Crippen MR) is 53.7 cm³/mol. The van der Waals surface area contributed by atoms with Crippen LogP contribution < -0.4 is 0 Å². The van der Waals surface area contributed by atoms with Crippen molar-refractivity contribution in [1.82, 2.24) is 0 Å². The summed E-state index contributed by atoms with van der Waals surface area (Å²) in [6, 6.07) is 4.84. The van der Waals surface area contributed by atoms with Crippen molar-refractivity contribution in [1.29, 1.82) is 0 Å². The molecule has 0 bridgehead atoms. The molecular weight excluding hydrogens is 204 g/mol. The maximum atomic E-state index is 10.2. The van der Waals surface area contributed by atoms with Crippen LogP contribution >= 0.6 is 11.6 Å². The number of carboxylic acids is 1. The monoisotopic (exact) mass is 214 g/mol. The summed E-state index contributed by atoms with van der Waals surface area (Å²) >= 11 is 5.65. The van der Waals surface area contributed by atoms with Crippen molar-refractivity contribution >= 4 is 17.6 Å². The van der Waals surface area contributed by atoms with Gasteiger partial charge in [0.15, 0.2) is 0 Å². The number of aliphatic carboxylic acids is 1. The highest BCUT2D eigenvalue weighted by atomic mass is 35.5. The van der Waals surface area contributed by atoms with Gasteiger partial charge >= 0.3 is 5.97 Å². The van der Waals surface area contributed by atoms with Gasteiger partial charge in [0.2, 0.25) is 0 Å². The summed E-state index contributed by atoms with van der Waals surface area (Å²) < 4.78 is 0. The second kappa shape index (κ2) is 4.86. The van der Waals surface area contributed by atoms with Crippen LogP contribution in [0.2, 0.25) is 5.02 Å². The molecule has 0 amide bonds. The van der Waals surface area contributed by atoms with Crippen molar-refractivity contribution in [3.05, 3.63) is 28.8 Å². The second-order valence-corrected chi connectivity index (χ2v) is 3.46. The van der Waals surface area contributed by atoms with Crippen molar-refractivity contribution < 1.29 is 15.0 Å². The van der Waals surface area contributed by atoms with E-state index in [4.69, 9.17) is 16.7 Å². The van der Waals surface area contributed by atoms with Crippen LogP contribution in [-0.4, -0.2) is 16.2 Å². The molecule has 0 aliphatic heterocycles. The first-order valence-corrected chi connectivity index (χ1v) is 4.66. The number of carbonyl (C=O) groups is 1. The molecule has 1 aromatic rings. The minimum Gasteiger partial charge on any atom is -0.508 e. The smallest absolute Gasteiger partial charge is 0.303 e. The van der Waals surface area contributed by atoms with Gasteiger partial charge < -0.3 is 10.2 Å². The van der Waals surface area contributed by atoms with Crippen LogP contribution in [0.4, 0.5) is 0 Å². The van der Waals surface area contributed by atoms with Gasteiger partial charge in [-0.3, -0.25) is 4.79 Å². The molecule has 0 aliphatic rings. The molecule has 0 atom stereocenters. The van der Waals surface area contributed by atoms with Crippen LogP contribution in [0.15, 0.2) is 18.2 Å². The summed E-state index contributed by atoms with van der Waals surface area (Å²) in [5, 5.41) is 18.3. The zero-order valence-electron chi connectivity index (χ0n) is 7.53. The van der Waals surface area contributed by atoms with E-state index in [1.54, 1.807) is 12.1 Å². The molecule has 3 nitrogen and oxygen atoms in total. The molecular formula is C10H11ClO3. The summed E-state index contributed by atoms with van der Waals surface area (Å²) in [5.41, 5.74) is 0.732. The predicted octanol–water partition coefficient (Wildman–Crippen LogP) is 2.45. The molecule has 1 aromatic carbocycles. The second-order valence-electron chi connectivity index (χ2n) is 3.02. The first kappa shape index (κ1) is 10.9. The molecule has 0 fully saturated rings. The summed E-state index contributed by atoms with van der Waals surface area (Å²) in [5.74, 6) is -0.693. The van der Waals surface area contributed by atoms with Gasteiger partial charge in [-0.25, -0.2) is 0 Å². The van der Waals surface area contributed by atoms with E-state index in [9.17, 15) is 9.90 Å². The van der Waals surface area contributed by atoms with Crippen molar-refractivity contribution in [2.24, 2.45) is 0 Å². The van der Waals surface area contributed by atoms with E-state index in [-0.39, 0.29) is 12.2 Å². The van der Waals surface area contributed by atoms with E-state index in [1.165, 1.54) is 6.07 Å². The van der Waals surface area contributed by atoms with Crippen molar-refractivity contribution in [3.8, 4) is 5.75 Å². The molecule has 0 radical (unpaired) electrons. The van der Waals surface area contributed by atoms with Gasteiger partial charge in [0.05, 0.1) is 0 Å². The number of halogens is 1. The molecule has 76 valence electrons. The first-order valence-electron chi connectivity index (χ1n) is 4.29. The topological polar surface area (TPSA) is 57.5 Å². The zero-order valence-corrected chi connectivity index (χ0v) is 8.29. The van der Waals surface area contributed by atoms with Crippen LogP contribution in [0, 0.1) is 0 Å². The normalized spacial score (nSPS) is 10.1. The summed E-state index contributed by atoms with van der Waals surface area (Å²) in [6.07, 6.45) is 1.18. The molecule has 0 heterocycles. The van der Waals surface area contributed by atoms with Gasteiger partial charge in [0.25, 0.3) is 0 Å². The number of hydrogen-bond donors (Lipinski definition) is 2. The molecule has 1 rings (SSSR count). The van der Waals surface area contributed by atoms with E-state index in [1.807, 2.05) is 0 Å². The number of rotatable bonds is 4. The third kappa shape index (κ3) is 3.26. The minimum absolute atomic E-state index is 0.113. The first-order chi connectivity index (χ1) is 6.59. The number of benzene rings is 1. The summed E-state index contributed by atoms with van der Waals surface area (Å²) in [4.78, 5) is 10.2. The minimum atomic E-state index is -0.821. The van der Waals surface area contributed by atoms with Crippen LogP contribution in [0.5, 0.6) is 5.75 Å². The van der Waals surface area contributed by atoms with Gasteiger partial charge in [0, 0.05) is 11.4 Å². The summed E-state index contributed by atoms with van der Waals surface area (Å²) in [7, 11) is 0. The quantitative estimate of drug-likeness (QED) is 0.810. The maximum Gasteiger partial charge on any atom is 0.303 e. The molecule has 2 N–H and O–H groups in total. The lowest BCUT2D eigenvalue weighted by Crippen LogP contribution is -1.96. The van der Waals surface area contributed by atoms with Gasteiger partial charge in [-0.2, -0.15) is 0 Å². The fourth-order valence-corrected chi connectivity index (χ4v) is 1.34. The van der Waals surface area contributed by atoms with Crippen LogP contribution in [-0.2, 0) is 11.2 Å². The Bertz CT molecular complexity index is 336. The van der Waals surface area contributed by atoms with Crippen molar-refractivity contribution in [3.63, 3.8) is 0 Å². The van der Waals surface area contributed by atoms with Gasteiger partial charge in [-0.15, -0.1) is 0 Å². The van der Waals surface area contributed by atoms with E-state index in [0.717, 1.165) is 5.56 Å². The SMILES string of the molecule is O=C(O)CCCc1ccc(Cl)cc1O. The molecule has 0 aliphatic carbocycles. The lowest BCUT2D eigenvalue weighted by molar-refractivity contribution is -0.137. The lowest BCUT2D eigenvalue weighted by Gasteiger charge is -2.03. The molecule has 0 aromatic heterocycles. The Hall–Kier alpha value is -1.22. The summed E-state index contributed by atoms with van der Waals surface area (Å²) in [6.45, 7) is 0. The van der Waals surface area contributed by atoms with Crippen LogP contribution in [0.3, 0.4) is 0 Å². The molecule has 0 spiro atoms. The number of phenolic OH excluding ortho intramolecular Hbond substituents is 1. The number of aryl methyl sites for hydroxylation is 1. The zero-order chi connectivity index (χ0) is 10.6. The van der Waals surface area contributed by atoms with E-state index in [0.29, 0.717) is 17.9 Å². The molecule has 0 unspecified atom stereocenters. The highest BCUT2D eigenvalue weighted by Gasteiger charge is 2.03. The largest absolute Gasteiger partial charge is 0.508 e. The Labute approximate surface area is 86.9 Å². The molecule has 4 heteroatoms. The van der Waals surface area contributed by atoms with E-state index >= 15 is 0 Å². The van der Waals surface area contributed by atoms with E-state index < -0.39 is 5.97 Å². The van der Waals surface area contributed by atoms with Crippen molar-refractivity contribution in [2.45, 2.75) is 19.3 Å². The van der Waals surface area contributed by atoms with Gasteiger partial charge in [-0.1, -0.05) is 17.7 Å². The standard InChI is InChI=1S/C10H11ClO3/c11-8-5-4-7(9(12)6-8)2-1-3-10(13)14/h4-6,12H,1-3H2,(H,13,14). The lowest BCUT2D eigenvalue weighted by atomic mass is 10.1. The number of aromatic hydroxyl groups is 1. The number of phenols is 1. The Kier molecular flexibility index (Phi) is 3.77. The van der Waals surface area contributed by atoms with Crippen LogP contribution in [0.1, 0.15) is 18.4 Å². The third-order valence-electron chi connectivity index (χ3n) is 1.88. The van der Waals surface area contributed by atoms with Gasteiger partial charge in [-0.05, 0) is 30.5 Å². The fraction of sp³-hybridized carbons (Fsp3) is 0.300. The Morgan fingerprint density at radius 1 is 1.43 bits per heavy atom. The molecule has 0 saturated carbocycles. The molecule has 0 saturated heterocycles. The average Bonchev–Trinajstić information content (AvgIpc) is 2.08. The number of hydrogen-bond acceptors (Lipinski definition) is 2. The Balaban J connectivity index is 2.55. The number of carboxylic acid groups (broad SMARTS) is 1. The highest BCUT2D eigenvalue weighted by molar-refractivity contribution is 6.30. The highest BCUT2D eigenvalue weighted by Crippen LogP contribution is 2.23. The third-order valence-corrected chi connectivity index (χ3v) is 2.12. The molecule has 14 heavy (non-hydrogen) atoms. The van der Waals surface area contributed by atoms with Crippen molar-refractivity contribution in [2.75, 3.05) is 0 Å². The average molecular weight is 215 g/mol. The van der Waals surface area contributed by atoms with Crippen LogP contribution in [0.25, 0.3) is 0 Å². The Morgan fingerprint density at radius 3 is 2.71 bits per heavy atom.